The standard InChI is InChI=1S/C9H10N4O2/c1-5-10-8-11-6(14)9(3-2-4-9)7(15)13(8)12-5/h2-4H2,1H3,(H,10,11,12,14). The predicted octanol–water partition coefficient (Wildman–Crippen LogP) is 0.349. The molecule has 1 spiro atoms. The topological polar surface area (TPSA) is 76.9 Å². The van der Waals surface area contributed by atoms with Crippen LogP contribution in [0.2, 0.25) is 0 Å². The highest BCUT2D eigenvalue weighted by Crippen LogP contribution is 2.45. The van der Waals surface area contributed by atoms with Crippen LogP contribution in [0.1, 0.15) is 29.9 Å². The molecule has 1 N–H and O–H groups in total. The molecule has 78 valence electrons. The third-order valence-electron chi connectivity index (χ3n) is 3.18. The molecule has 1 aromatic heterocycles. The monoisotopic (exact) mass is 206 g/mol. The van der Waals surface area contributed by atoms with Crippen molar-refractivity contribution >= 4 is 17.8 Å². The van der Waals surface area contributed by atoms with E-state index in [0.29, 0.717) is 18.7 Å². The highest BCUT2D eigenvalue weighted by molar-refractivity contribution is 6.15. The summed E-state index contributed by atoms with van der Waals surface area (Å²) < 4.78 is 1.22. The summed E-state index contributed by atoms with van der Waals surface area (Å²) in [6.07, 6.45) is 2.16. The number of carbonyl (C=O) groups excluding carboxylic acids is 2. The summed E-state index contributed by atoms with van der Waals surface area (Å²) in [5, 5.41) is 6.62. The van der Waals surface area contributed by atoms with Crippen LogP contribution < -0.4 is 5.32 Å². The average Bonchev–Trinajstić information content (AvgIpc) is 2.43. The number of nitrogens with zero attached hydrogens (tertiary/aromatic N) is 3. The van der Waals surface area contributed by atoms with Gasteiger partial charge in [-0.15, -0.1) is 5.10 Å². The molecule has 6 nitrogen and oxygen atoms in total. The summed E-state index contributed by atoms with van der Waals surface area (Å²) >= 11 is 0. The Bertz CT molecular complexity index is 472. The van der Waals surface area contributed by atoms with Crippen LogP contribution in [-0.2, 0) is 4.79 Å². The lowest BCUT2D eigenvalue weighted by molar-refractivity contribution is -0.127. The van der Waals surface area contributed by atoms with Crippen molar-refractivity contribution in [3.8, 4) is 0 Å². The third kappa shape index (κ3) is 0.886. The van der Waals surface area contributed by atoms with Crippen LogP contribution in [0.3, 0.4) is 0 Å². The van der Waals surface area contributed by atoms with E-state index >= 15 is 0 Å². The first-order valence-corrected chi connectivity index (χ1v) is 4.93. The molecule has 0 saturated heterocycles. The molecule has 0 radical (unpaired) electrons. The van der Waals surface area contributed by atoms with Crippen LogP contribution in [0, 0.1) is 12.3 Å². The van der Waals surface area contributed by atoms with Gasteiger partial charge in [0.2, 0.25) is 11.9 Å². The number of amides is 1. The number of aryl methyl sites for hydroxylation is 1. The highest BCUT2D eigenvalue weighted by atomic mass is 16.2. The number of nitrogens with one attached hydrogen (secondary N) is 1. The molecule has 0 aromatic carbocycles. The lowest BCUT2D eigenvalue weighted by atomic mass is 9.67. The second-order valence-electron chi connectivity index (χ2n) is 4.09. The lowest BCUT2D eigenvalue weighted by Crippen LogP contribution is -2.54. The van der Waals surface area contributed by atoms with E-state index in [9.17, 15) is 9.59 Å². The van der Waals surface area contributed by atoms with Gasteiger partial charge in [-0.05, 0) is 19.8 Å². The fourth-order valence-corrected chi connectivity index (χ4v) is 2.13. The van der Waals surface area contributed by atoms with Gasteiger partial charge in [-0.1, -0.05) is 6.42 Å². The first-order valence-electron chi connectivity index (χ1n) is 4.93. The molecular weight excluding hydrogens is 196 g/mol. The maximum absolute atomic E-state index is 12.0. The number of rotatable bonds is 0. The van der Waals surface area contributed by atoms with E-state index in [2.05, 4.69) is 15.4 Å². The van der Waals surface area contributed by atoms with Crippen molar-refractivity contribution in [2.24, 2.45) is 5.41 Å². The Morgan fingerprint density at radius 3 is 2.73 bits per heavy atom. The second-order valence-corrected chi connectivity index (χ2v) is 4.09. The van der Waals surface area contributed by atoms with Crippen molar-refractivity contribution in [1.29, 1.82) is 0 Å². The molecule has 1 amide bonds. The average molecular weight is 206 g/mol. The van der Waals surface area contributed by atoms with Crippen LogP contribution in [0.25, 0.3) is 0 Å². The fourth-order valence-electron chi connectivity index (χ4n) is 2.13. The third-order valence-corrected chi connectivity index (χ3v) is 3.18. The molecule has 0 unspecified atom stereocenters. The van der Waals surface area contributed by atoms with Gasteiger partial charge in [-0.2, -0.15) is 9.67 Å². The smallest absolute Gasteiger partial charge is 0.265 e. The van der Waals surface area contributed by atoms with E-state index in [-0.39, 0.29) is 17.8 Å². The minimum Gasteiger partial charge on any atom is -0.293 e. The van der Waals surface area contributed by atoms with E-state index in [1.807, 2.05) is 0 Å². The van der Waals surface area contributed by atoms with Gasteiger partial charge in [-0.3, -0.25) is 14.9 Å². The Morgan fingerprint density at radius 2 is 2.13 bits per heavy atom. The Hall–Kier alpha value is -1.72. The first-order chi connectivity index (χ1) is 7.13. The van der Waals surface area contributed by atoms with Gasteiger partial charge in [0.05, 0.1) is 0 Å². The van der Waals surface area contributed by atoms with Crippen LogP contribution in [0.5, 0.6) is 0 Å². The summed E-state index contributed by atoms with van der Waals surface area (Å²) in [5.41, 5.74) is -0.854. The molecule has 0 atom stereocenters. The number of anilines is 1. The number of carbonyl (C=O) groups is 2. The van der Waals surface area contributed by atoms with Crippen molar-refractivity contribution in [3.63, 3.8) is 0 Å². The minimum absolute atomic E-state index is 0.223. The van der Waals surface area contributed by atoms with Crippen molar-refractivity contribution in [1.82, 2.24) is 14.8 Å². The quantitative estimate of drug-likeness (QED) is 0.621. The fraction of sp³-hybridized carbons (Fsp3) is 0.556. The van der Waals surface area contributed by atoms with E-state index in [1.165, 1.54) is 4.68 Å². The Labute approximate surface area is 85.7 Å². The molecule has 1 aliphatic heterocycles. The van der Waals surface area contributed by atoms with Crippen molar-refractivity contribution in [3.05, 3.63) is 5.82 Å². The number of hydrogen-bond donors (Lipinski definition) is 1. The van der Waals surface area contributed by atoms with E-state index < -0.39 is 5.41 Å². The lowest BCUT2D eigenvalue weighted by Gasteiger charge is -2.40. The highest BCUT2D eigenvalue weighted by Gasteiger charge is 2.55. The largest absolute Gasteiger partial charge is 0.293 e. The molecule has 15 heavy (non-hydrogen) atoms. The SMILES string of the molecule is Cc1nc2n(n1)C(=O)C1(CCC1)C(=O)N2. The number of hydrogen-bond acceptors (Lipinski definition) is 4. The van der Waals surface area contributed by atoms with Crippen LogP contribution in [0.4, 0.5) is 5.95 Å². The second kappa shape index (κ2) is 2.44. The van der Waals surface area contributed by atoms with Crippen molar-refractivity contribution in [2.45, 2.75) is 26.2 Å². The minimum atomic E-state index is -0.854. The maximum atomic E-state index is 12.0. The van der Waals surface area contributed by atoms with Crippen LogP contribution in [-0.4, -0.2) is 26.6 Å². The van der Waals surface area contributed by atoms with Gasteiger partial charge >= 0.3 is 0 Å². The Morgan fingerprint density at radius 1 is 1.40 bits per heavy atom. The zero-order valence-electron chi connectivity index (χ0n) is 8.28. The zero-order valence-corrected chi connectivity index (χ0v) is 8.28. The van der Waals surface area contributed by atoms with Gasteiger partial charge < -0.3 is 0 Å². The van der Waals surface area contributed by atoms with Crippen molar-refractivity contribution in [2.75, 3.05) is 5.32 Å². The summed E-state index contributed by atoms with van der Waals surface area (Å²) in [7, 11) is 0. The molecule has 2 heterocycles. The molecule has 3 rings (SSSR count). The number of aromatic nitrogens is 3. The Balaban J connectivity index is 2.14. The summed E-state index contributed by atoms with van der Waals surface area (Å²) in [5.74, 6) is 0.293. The van der Waals surface area contributed by atoms with Gasteiger partial charge in [0.25, 0.3) is 5.91 Å². The van der Waals surface area contributed by atoms with E-state index in [4.69, 9.17) is 0 Å². The van der Waals surface area contributed by atoms with Crippen LogP contribution >= 0.6 is 0 Å². The zero-order chi connectivity index (χ0) is 10.6. The summed E-state index contributed by atoms with van der Waals surface area (Å²) in [4.78, 5) is 27.8. The summed E-state index contributed by atoms with van der Waals surface area (Å²) in [6.45, 7) is 1.69. The molecule has 0 bridgehead atoms. The predicted molar refractivity (Wildman–Crippen MR) is 50.3 cm³/mol. The molecule has 1 aromatic rings. The van der Waals surface area contributed by atoms with E-state index in [1.54, 1.807) is 6.92 Å². The molecule has 2 aliphatic rings. The van der Waals surface area contributed by atoms with Gasteiger partial charge in [-0.25, -0.2) is 0 Å². The van der Waals surface area contributed by atoms with Crippen molar-refractivity contribution < 1.29 is 9.59 Å². The molecule has 1 fully saturated rings. The summed E-state index contributed by atoms with van der Waals surface area (Å²) in [6, 6.07) is 0. The normalized spacial score (nSPS) is 22.2. The molecule has 6 heteroatoms. The molecular formula is C9H10N4O2. The molecule has 1 aliphatic carbocycles. The van der Waals surface area contributed by atoms with Crippen LogP contribution in [0.15, 0.2) is 0 Å². The van der Waals surface area contributed by atoms with Gasteiger partial charge in [0, 0.05) is 0 Å². The maximum Gasteiger partial charge on any atom is 0.265 e. The number of fused-ring (bicyclic) bond motifs is 1. The van der Waals surface area contributed by atoms with Gasteiger partial charge in [0.15, 0.2) is 0 Å². The molecule has 1 saturated carbocycles. The van der Waals surface area contributed by atoms with E-state index in [0.717, 1.165) is 6.42 Å². The first kappa shape index (κ1) is 8.58. The Kier molecular flexibility index (Phi) is 1.40. The van der Waals surface area contributed by atoms with Gasteiger partial charge in [0.1, 0.15) is 11.2 Å².